The van der Waals surface area contributed by atoms with Gasteiger partial charge in [0.25, 0.3) is 0 Å². The number of aromatic nitrogens is 3. The smallest absolute Gasteiger partial charge is 0.225 e. The molecule has 0 N–H and O–H groups in total. The van der Waals surface area contributed by atoms with Gasteiger partial charge in [0.2, 0.25) is 5.95 Å². The molecule has 4 rings (SSSR count). The highest BCUT2D eigenvalue weighted by Crippen LogP contribution is 2.20. The Kier molecular flexibility index (Phi) is 6.17. The first-order valence-corrected chi connectivity index (χ1v) is 10.6. The molecule has 0 atom stereocenters. The highest BCUT2D eigenvalue weighted by Gasteiger charge is 2.20. The monoisotopic (exact) mass is 380 g/mol. The Morgan fingerprint density at radius 1 is 0.893 bits per heavy atom. The van der Waals surface area contributed by atoms with Crippen molar-refractivity contribution in [1.82, 2.24) is 24.8 Å². The van der Waals surface area contributed by atoms with Gasteiger partial charge in [0.15, 0.2) is 0 Å². The zero-order valence-electron chi connectivity index (χ0n) is 17.2. The molecule has 4 heterocycles. The Bertz CT molecular complexity index is 746. The normalized spacial score (nSPS) is 19.9. The minimum absolute atomic E-state index is 0.829. The van der Waals surface area contributed by atoms with Crippen LogP contribution in [0.3, 0.4) is 0 Å². The first-order valence-electron chi connectivity index (χ1n) is 10.6. The molecule has 0 saturated carbocycles. The Hall–Kier alpha value is -2.05. The number of piperidine rings is 1. The third-order valence-electron chi connectivity index (χ3n) is 6.12. The minimum Gasteiger partial charge on any atom is -0.341 e. The lowest BCUT2D eigenvalue weighted by atomic mass is 10.00. The van der Waals surface area contributed by atoms with Gasteiger partial charge in [-0.25, -0.2) is 9.97 Å². The Balaban J connectivity index is 1.25. The molecule has 28 heavy (non-hydrogen) atoms. The highest BCUT2D eigenvalue weighted by molar-refractivity contribution is 5.30. The molecule has 6 heteroatoms. The van der Waals surface area contributed by atoms with Crippen LogP contribution in [0.25, 0.3) is 0 Å². The van der Waals surface area contributed by atoms with Crippen LogP contribution in [0.1, 0.15) is 36.6 Å². The van der Waals surface area contributed by atoms with Crippen molar-refractivity contribution >= 4 is 5.95 Å². The number of anilines is 1. The van der Waals surface area contributed by atoms with Crippen LogP contribution in [0.5, 0.6) is 0 Å². The second kappa shape index (κ2) is 8.97. The van der Waals surface area contributed by atoms with E-state index in [9.17, 15) is 0 Å². The number of hydrogen-bond acceptors (Lipinski definition) is 6. The summed E-state index contributed by atoms with van der Waals surface area (Å²) in [7, 11) is 0. The molecule has 2 fully saturated rings. The van der Waals surface area contributed by atoms with Gasteiger partial charge in [-0.3, -0.25) is 14.8 Å². The lowest BCUT2D eigenvalue weighted by Crippen LogP contribution is -2.45. The quantitative estimate of drug-likeness (QED) is 0.795. The third-order valence-corrected chi connectivity index (χ3v) is 6.12. The predicted octanol–water partition coefficient (Wildman–Crippen LogP) is 2.73. The summed E-state index contributed by atoms with van der Waals surface area (Å²) in [6.07, 6.45) is 8.42. The molecular weight excluding hydrogens is 348 g/mol. The van der Waals surface area contributed by atoms with Crippen molar-refractivity contribution in [2.24, 2.45) is 5.92 Å². The molecule has 0 aliphatic carbocycles. The summed E-state index contributed by atoms with van der Waals surface area (Å²) in [5.74, 6) is 1.72. The van der Waals surface area contributed by atoms with E-state index in [1.54, 1.807) is 0 Å². The van der Waals surface area contributed by atoms with E-state index in [4.69, 9.17) is 0 Å². The number of pyridine rings is 1. The zero-order chi connectivity index (χ0) is 19.3. The SMILES string of the molecule is Cc1cccnc1CN1CCN(Cc2cnc(N3CCC(C)CC3)nc2)CC1. The number of rotatable bonds is 5. The summed E-state index contributed by atoms with van der Waals surface area (Å²) in [5, 5.41) is 0. The van der Waals surface area contributed by atoms with Crippen molar-refractivity contribution in [1.29, 1.82) is 0 Å². The van der Waals surface area contributed by atoms with Crippen LogP contribution in [0.2, 0.25) is 0 Å². The molecule has 2 aliphatic heterocycles. The lowest BCUT2D eigenvalue weighted by Gasteiger charge is -2.34. The van der Waals surface area contributed by atoms with Gasteiger partial charge in [0, 0.05) is 76.5 Å². The van der Waals surface area contributed by atoms with E-state index >= 15 is 0 Å². The molecule has 0 spiro atoms. The summed E-state index contributed by atoms with van der Waals surface area (Å²) >= 11 is 0. The minimum atomic E-state index is 0.829. The summed E-state index contributed by atoms with van der Waals surface area (Å²) < 4.78 is 0. The highest BCUT2D eigenvalue weighted by atomic mass is 15.3. The fourth-order valence-corrected chi connectivity index (χ4v) is 4.06. The molecule has 0 amide bonds. The molecule has 2 aliphatic rings. The molecule has 6 nitrogen and oxygen atoms in total. The van der Waals surface area contributed by atoms with Crippen LogP contribution in [0.4, 0.5) is 5.95 Å². The summed E-state index contributed by atoms with van der Waals surface area (Å²) in [4.78, 5) is 21.1. The first-order chi connectivity index (χ1) is 13.7. The average molecular weight is 381 g/mol. The van der Waals surface area contributed by atoms with Crippen LogP contribution in [-0.4, -0.2) is 64.0 Å². The van der Waals surface area contributed by atoms with E-state index in [0.29, 0.717) is 0 Å². The second-order valence-electron chi connectivity index (χ2n) is 8.38. The van der Waals surface area contributed by atoms with E-state index < -0.39 is 0 Å². The molecular formula is C22H32N6. The van der Waals surface area contributed by atoms with Gasteiger partial charge in [-0.1, -0.05) is 13.0 Å². The Morgan fingerprint density at radius 3 is 2.18 bits per heavy atom. The summed E-state index contributed by atoms with van der Waals surface area (Å²) in [6.45, 7) is 12.9. The molecule has 2 aromatic rings. The van der Waals surface area contributed by atoms with Gasteiger partial charge in [-0.15, -0.1) is 0 Å². The summed E-state index contributed by atoms with van der Waals surface area (Å²) in [5.41, 5.74) is 3.69. The van der Waals surface area contributed by atoms with Crippen molar-refractivity contribution in [2.45, 2.75) is 39.8 Å². The van der Waals surface area contributed by atoms with E-state index in [1.807, 2.05) is 24.7 Å². The molecule has 0 unspecified atom stereocenters. The lowest BCUT2D eigenvalue weighted by molar-refractivity contribution is 0.120. The first kappa shape index (κ1) is 19.3. The fourth-order valence-electron chi connectivity index (χ4n) is 4.06. The van der Waals surface area contributed by atoms with Gasteiger partial charge in [0.05, 0.1) is 5.69 Å². The number of hydrogen-bond donors (Lipinski definition) is 0. The number of piperazine rings is 1. The maximum atomic E-state index is 4.64. The third kappa shape index (κ3) is 4.86. The van der Waals surface area contributed by atoms with Gasteiger partial charge >= 0.3 is 0 Å². The Labute approximate surface area is 168 Å². The molecule has 2 aromatic heterocycles. The Morgan fingerprint density at radius 2 is 1.54 bits per heavy atom. The van der Waals surface area contributed by atoms with Crippen LogP contribution in [0, 0.1) is 12.8 Å². The van der Waals surface area contributed by atoms with Gasteiger partial charge in [-0.05, 0) is 37.3 Å². The van der Waals surface area contributed by atoms with Gasteiger partial charge in [0.1, 0.15) is 0 Å². The van der Waals surface area contributed by atoms with Crippen LogP contribution < -0.4 is 4.90 Å². The van der Waals surface area contributed by atoms with Crippen LogP contribution in [-0.2, 0) is 13.1 Å². The van der Waals surface area contributed by atoms with Crippen LogP contribution in [0.15, 0.2) is 30.7 Å². The largest absolute Gasteiger partial charge is 0.341 e. The van der Waals surface area contributed by atoms with Crippen molar-refractivity contribution in [3.05, 3.63) is 47.5 Å². The van der Waals surface area contributed by atoms with Crippen molar-refractivity contribution in [2.75, 3.05) is 44.2 Å². The van der Waals surface area contributed by atoms with E-state index in [0.717, 1.165) is 64.2 Å². The zero-order valence-corrected chi connectivity index (χ0v) is 17.2. The van der Waals surface area contributed by atoms with E-state index in [-0.39, 0.29) is 0 Å². The van der Waals surface area contributed by atoms with E-state index in [2.05, 4.69) is 49.6 Å². The molecule has 0 bridgehead atoms. The van der Waals surface area contributed by atoms with Gasteiger partial charge in [-0.2, -0.15) is 0 Å². The molecule has 0 radical (unpaired) electrons. The number of nitrogens with zero attached hydrogens (tertiary/aromatic N) is 6. The van der Waals surface area contributed by atoms with Crippen molar-refractivity contribution in [3.8, 4) is 0 Å². The van der Waals surface area contributed by atoms with Gasteiger partial charge < -0.3 is 4.90 Å². The fraction of sp³-hybridized carbons (Fsp3) is 0.591. The predicted molar refractivity (Wildman–Crippen MR) is 112 cm³/mol. The topological polar surface area (TPSA) is 48.4 Å². The average Bonchev–Trinajstić information content (AvgIpc) is 2.72. The summed E-state index contributed by atoms with van der Waals surface area (Å²) in [6, 6.07) is 4.16. The van der Waals surface area contributed by atoms with Crippen molar-refractivity contribution < 1.29 is 0 Å². The van der Waals surface area contributed by atoms with Crippen LogP contribution >= 0.6 is 0 Å². The van der Waals surface area contributed by atoms with E-state index in [1.165, 1.54) is 29.7 Å². The molecule has 0 aromatic carbocycles. The second-order valence-corrected chi connectivity index (χ2v) is 8.38. The molecule has 2 saturated heterocycles. The van der Waals surface area contributed by atoms with Crippen molar-refractivity contribution in [3.63, 3.8) is 0 Å². The molecule has 150 valence electrons. The maximum absolute atomic E-state index is 4.64. The number of aryl methyl sites for hydroxylation is 1. The maximum Gasteiger partial charge on any atom is 0.225 e. The standard InChI is InChI=1S/C22H32N6/c1-18-5-8-28(9-6-18)22-24-14-20(15-25-22)16-26-10-12-27(13-11-26)17-21-19(2)4-3-7-23-21/h3-4,7,14-15,18H,5-6,8-13,16-17H2,1-2H3.